The van der Waals surface area contributed by atoms with E-state index in [9.17, 15) is 22.9 Å². The first-order valence-electron chi connectivity index (χ1n) is 13.8. The Morgan fingerprint density at radius 1 is 1.22 bits per heavy atom. The molecule has 0 fully saturated rings. The number of aryl methyl sites for hydroxylation is 1. The molecule has 0 bridgehead atoms. The summed E-state index contributed by atoms with van der Waals surface area (Å²) in [5.41, 5.74) is 3.58. The molecule has 0 saturated carbocycles. The number of carbonyl (C=O) groups is 1. The maximum atomic E-state index is 14.2. The quantitative estimate of drug-likeness (QED) is 0.237. The zero-order chi connectivity index (χ0) is 30.0. The van der Waals surface area contributed by atoms with E-state index in [0.29, 0.717) is 42.5 Å². The summed E-state index contributed by atoms with van der Waals surface area (Å²) in [6.45, 7) is 8.54. The number of aliphatic hydroxyl groups excluding tert-OH is 1. The lowest BCUT2D eigenvalue weighted by atomic mass is 9.92. The number of unbranched alkanes of at least 4 members (excludes halogenated alkanes) is 2. The van der Waals surface area contributed by atoms with Crippen LogP contribution in [0.2, 0.25) is 0 Å². The van der Waals surface area contributed by atoms with Gasteiger partial charge in [-0.25, -0.2) is 13.4 Å². The lowest BCUT2D eigenvalue weighted by Gasteiger charge is -2.28. The number of anilines is 1. The van der Waals surface area contributed by atoms with Crippen molar-refractivity contribution in [1.82, 2.24) is 9.88 Å². The minimum Gasteiger partial charge on any atom is -0.509 e. The number of hydrogen-bond donors (Lipinski definition) is 2. The number of nitrogens with zero attached hydrogens (tertiary/aromatic N) is 3. The standard InChI is InChI=1S/C28H39N4O6PS2/c1-6-38-39(35)22-16-19(10-8-7-9-15-41(5,36)37)11-12-20(22)30-26(31-39)23-25(33)24(21-17-40-18-29-21)32(27(23)34)14-13-28(2,3)4/h11-12,16-18,24,33H,6-10,13-15H2,1-5H3,(H,30,31,35)/t24-,39?/m0/s1. The fourth-order valence-electron chi connectivity index (χ4n) is 4.89. The monoisotopic (exact) mass is 622 g/mol. The van der Waals surface area contributed by atoms with Gasteiger partial charge in [0.1, 0.15) is 27.2 Å². The van der Waals surface area contributed by atoms with Crippen LogP contribution in [0.1, 0.15) is 70.7 Å². The van der Waals surface area contributed by atoms with Crippen LogP contribution in [0.25, 0.3) is 0 Å². The molecule has 224 valence electrons. The van der Waals surface area contributed by atoms with E-state index < -0.39 is 29.3 Å². The van der Waals surface area contributed by atoms with Crippen molar-refractivity contribution >= 4 is 51.4 Å². The highest BCUT2D eigenvalue weighted by atomic mass is 32.2. The van der Waals surface area contributed by atoms with Gasteiger partial charge in [0.05, 0.1) is 28.8 Å². The Labute approximate surface area is 246 Å². The molecule has 41 heavy (non-hydrogen) atoms. The average Bonchev–Trinajstić information content (AvgIpc) is 3.47. The second-order valence-electron chi connectivity index (χ2n) is 11.7. The van der Waals surface area contributed by atoms with Crippen LogP contribution >= 0.6 is 18.9 Å². The van der Waals surface area contributed by atoms with Gasteiger partial charge in [-0.05, 0) is 55.7 Å². The number of benzene rings is 1. The van der Waals surface area contributed by atoms with Gasteiger partial charge in [-0.2, -0.15) is 4.76 Å². The molecule has 1 unspecified atom stereocenters. The molecule has 2 atom stereocenters. The number of hydrogen-bond acceptors (Lipinski definition) is 9. The first kappa shape index (κ1) is 31.4. The molecule has 2 N–H and O–H groups in total. The van der Waals surface area contributed by atoms with Gasteiger partial charge in [-0.1, -0.05) is 33.3 Å². The maximum Gasteiger partial charge on any atom is 0.348 e. The Bertz CT molecular complexity index is 1500. The van der Waals surface area contributed by atoms with E-state index in [1.54, 1.807) is 34.8 Å². The highest BCUT2D eigenvalue weighted by molar-refractivity contribution is 7.90. The van der Waals surface area contributed by atoms with Crippen LogP contribution in [-0.2, 0) is 30.1 Å². The Hall–Kier alpha value is -2.53. The molecule has 3 heterocycles. The van der Waals surface area contributed by atoms with Gasteiger partial charge in [-0.15, -0.1) is 11.3 Å². The smallest absolute Gasteiger partial charge is 0.348 e. The normalized spacial score (nSPS) is 21.2. The molecular weight excluding hydrogens is 583 g/mol. The van der Waals surface area contributed by atoms with E-state index in [-0.39, 0.29) is 34.9 Å². The number of sulfone groups is 1. The number of aliphatic hydroxyl groups is 1. The predicted molar refractivity (Wildman–Crippen MR) is 164 cm³/mol. The molecule has 1 aromatic heterocycles. The van der Waals surface area contributed by atoms with Crippen molar-refractivity contribution in [3.05, 3.63) is 51.7 Å². The van der Waals surface area contributed by atoms with Crippen molar-refractivity contribution in [3.63, 3.8) is 0 Å². The average molecular weight is 623 g/mol. The van der Waals surface area contributed by atoms with Gasteiger partial charge in [0, 0.05) is 23.9 Å². The molecule has 0 saturated heterocycles. The number of fused-ring (bicyclic) bond motifs is 1. The Balaban J connectivity index is 1.63. The molecule has 1 aromatic carbocycles. The van der Waals surface area contributed by atoms with Crippen molar-refractivity contribution < 1.29 is 27.4 Å². The summed E-state index contributed by atoms with van der Waals surface area (Å²) in [4.78, 5) is 19.8. The molecule has 4 rings (SSSR count). The van der Waals surface area contributed by atoms with Crippen LogP contribution < -0.4 is 10.6 Å². The van der Waals surface area contributed by atoms with Gasteiger partial charge >= 0.3 is 7.52 Å². The van der Waals surface area contributed by atoms with Crippen LogP contribution in [0.3, 0.4) is 0 Å². The summed E-state index contributed by atoms with van der Waals surface area (Å²) >= 11 is 1.38. The summed E-state index contributed by atoms with van der Waals surface area (Å²) in [5.74, 6) is -0.411. The third-order valence-corrected chi connectivity index (χ3v) is 10.7. The second-order valence-corrected chi connectivity index (χ2v) is 16.6. The molecule has 2 aliphatic rings. The van der Waals surface area contributed by atoms with Crippen LogP contribution in [0.15, 0.2) is 45.2 Å². The molecule has 1 amide bonds. The van der Waals surface area contributed by atoms with E-state index in [1.807, 2.05) is 6.07 Å². The van der Waals surface area contributed by atoms with Gasteiger partial charge in [0.2, 0.25) is 0 Å². The fourth-order valence-corrected chi connectivity index (χ4v) is 8.02. The largest absolute Gasteiger partial charge is 0.509 e. The first-order valence-corrected chi connectivity index (χ1v) is 18.4. The minimum atomic E-state index is -3.78. The molecule has 0 radical (unpaired) electrons. The zero-order valence-corrected chi connectivity index (χ0v) is 26.7. The minimum absolute atomic E-state index is 0.0174. The summed E-state index contributed by atoms with van der Waals surface area (Å²) in [5, 5.41) is 16.8. The number of nitrogens with one attached hydrogen (secondary N) is 1. The van der Waals surface area contributed by atoms with Gasteiger partial charge in [0.15, 0.2) is 5.84 Å². The molecule has 0 aliphatic carbocycles. The highest BCUT2D eigenvalue weighted by Crippen LogP contribution is 2.53. The summed E-state index contributed by atoms with van der Waals surface area (Å²) in [6, 6.07) is 4.73. The first-order chi connectivity index (χ1) is 19.2. The fraction of sp³-hybridized carbons (Fsp3) is 0.536. The van der Waals surface area contributed by atoms with E-state index in [4.69, 9.17) is 4.52 Å². The number of amides is 1. The van der Waals surface area contributed by atoms with Crippen molar-refractivity contribution in [3.8, 4) is 0 Å². The lowest BCUT2D eigenvalue weighted by molar-refractivity contribution is -0.127. The number of thiazole rings is 1. The predicted octanol–water partition coefficient (Wildman–Crippen LogP) is 5.41. The second kappa shape index (κ2) is 12.4. The van der Waals surface area contributed by atoms with E-state index >= 15 is 0 Å². The molecule has 13 heteroatoms. The number of rotatable bonds is 12. The van der Waals surface area contributed by atoms with E-state index in [0.717, 1.165) is 18.4 Å². The van der Waals surface area contributed by atoms with Crippen LogP contribution in [0.4, 0.5) is 5.69 Å². The van der Waals surface area contributed by atoms with Gasteiger partial charge in [0.25, 0.3) is 5.91 Å². The van der Waals surface area contributed by atoms with Gasteiger partial charge < -0.3 is 19.8 Å². The van der Waals surface area contributed by atoms with Crippen molar-refractivity contribution in [2.75, 3.05) is 30.5 Å². The molecule has 2 aromatic rings. The lowest BCUT2D eigenvalue weighted by Crippen LogP contribution is -2.36. The van der Waals surface area contributed by atoms with Gasteiger partial charge in [-0.3, -0.25) is 9.36 Å². The summed E-state index contributed by atoms with van der Waals surface area (Å²) in [6.07, 6.45) is 4.76. The number of amidine groups is 1. The molecule has 2 aliphatic heterocycles. The van der Waals surface area contributed by atoms with E-state index in [2.05, 4.69) is 35.8 Å². The van der Waals surface area contributed by atoms with Crippen LogP contribution in [0.5, 0.6) is 0 Å². The molecular formula is C28H39N4O6PS2. The van der Waals surface area contributed by atoms with Crippen molar-refractivity contribution in [2.24, 2.45) is 10.2 Å². The Morgan fingerprint density at radius 3 is 2.61 bits per heavy atom. The third-order valence-electron chi connectivity index (χ3n) is 7.01. The van der Waals surface area contributed by atoms with E-state index in [1.165, 1.54) is 17.6 Å². The summed E-state index contributed by atoms with van der Waals surface area (Å²) in [7, 11) is -6.76. The highest BCUT2D eigenvalue weighted by Gasteiger charge is 2.46. The van der Waals surface area contributed by atoms with Crippen LogP contribution in [0, 0.1) is 5.41 Å². The Kier molecular flexibility index (Phi) is 9.48. The number of aromatic nitrogens is 1. The third kappa shape index (κ3) is 7.46. The molecule has 10 nitrogen and oxygen atoms in total. The maximum absolute atomic E-state index is 14.2. The SMILES string of the molecule is CCOP1(=O)N=C(C2=C(O)[C@H](c3cscn3)N(CCC(C)(C)C)C2=O)Nc2ccc(CCCCCS(C)(=O)=O)cc21. The van der Waals surface area contributed by atoms with Crippen molar-refractivity contribution in [1.29, 1.82) is 0 Å². The van der Waals surface area contributed by atoms with Crippen LogP contribution in [-0.4, -0.2) is 60.3 Å². The topological polar surface area (TPSA) is 138 Å². The summed E-state index contributed by atoms with van der Waals surface area (Å²) < 4.78 is 47.1. The number of carbonyl (C=O) groups excluding carboxylic acids is 1. The zero-order valence-electron chi connectivity index (χ0n) is 24.2. The Morgan fingerprint density at radius 2 is 1.98 bits per heavy atom. The molecule has 0 spiro atoms. The van der Waals surface area contributed by atoms with Crippen molar-refractivity contribution in [2.45, 2.75) is 65.8 Å².